The fourth-order valence-electron chi connectivity index (χ4n) is 1.99. The van der Waals surface area contributed by atoms with E-state index >= 15 is 0 Å². The van der Waals surface area contributed by atoms with E-state index in [-0.39, 0.29) is 0 Å². The zero-order chi connectivity index (χ0) is 16.2. The molecule has 1 rings (SSSR count). The lowest BCUT2D eigenvalue weighted by atomic mass is 10.1. The monoisotopic (exact) mass is 310 g/mol. The molecule has 0 aliphatic carbocycles. The van der Waals surface area contributed by atoms with Crippen molar-refractivity contribution in [3.05, 3.63) is 23.3 Å². The summed E-state index contributed by atoms with van der Waals surface area (Å²) in [6.07, 6.45) is 2.07. The minimum atomic E-state index is 0.575. The molecule has 0 saturated carbocycles. The van der Waals surface area contributed by atoms with Crippen molar-refractivity contribution < 1.29 is 18.9 Å². The van der Waals surface area contributed by atoms with Crippen LogP contribution in [0.1, 0.15) is 37.8 Å². The molecule has 0 atom stereocenters. The summed E-state index contributed by atoms with van der Waals surface area (Å²) in [7, 11) is 0. The van der Waals surface area contributed by atoms with E-state index in [2.05, 4.69) is 13.8 Å². The van der Waals surface area contributed by atoms with Gasteiger partial charge in [-0.1, -0.05) is 13.8 Å². The van der Waals surface area contributed by atoms with Crippen LogP contribution < -0.4 is 9.47 Å². The minimum absolute atomic E-state index is 0.575. The highest BCUT2D eigenvalue weighted by Gasteiger charge is 2.07. The molecule has 0 bridgehead atoms. The number of hydrogen-bond donors (Lipinski definition) is 0. The van der Waals surface area contributed by atoms with Gasteiger partial charge in [0.15, 0.2) is 0 Å². The van der Waals surface area contributed by atoms with Gasteiger partial charge in [0, 0.05) is 13.2 Å². The fourth-order valence-corrected chi connectivity index (χ4v) is 1.99. The van der Waals surface area contributed by atoms with E-state index in [9.17, 15) is 0 Å². The molecule has 4 nitrogen and oxygen atoms in total. The first-order valence-electron chi connectivity index (χ1n) is 8.21. The van der Waals surface area contributed by atoms with Crippen molar-refractivity contribution >= 4 is 0 Å². The van der Waals surface area contributed by atoms with Gasteiger partial charge >= 0.3 is 0 Å². The molecular weight excluding hydrogens is 280 g/mol. The molecule has 0 aromatic heterocycles. The first-order valence-corrected chi connectivity index (χ1v) is 8.21. The highest BCUT2D eigenvalue weighted by molar-refractivity contribution is 5.45. The molecule has 0 fully saturated rings. The molecule has 4 heteroatoms. The summed E-state index contributed by atoms with van der Waals surface area (Å²) in [4.78, 5) is 0. The fraction of sp³-hybridized carbons (Fsp3) is 0.667. The molecule has 0 N–H and O–H groups in total. The molecule has 0 radical (unpaired) electrons. The number of rotatable bonds is 12. The van der Waals surface area contributed by atoms with Crippen LogP contribution in [0.4, 0.5) is 0 Å². The van der Waals surface area contributed by atoms with Crippen LogP contribution in [0.5, 0.6) is 11.5 Å². The Bertz CT molecular complexity index is 378. The Morgan fingerprint density at radius 2 is 1.05 bits per heavy atom. The lowest BCUT2D eigenvalue weighted by Gasteiger charge is -2.14. The van der Waals surface area contributed by atoms with E-state index in [4.69, 9.17) is 18.9 Å². The second kappa shape index (κ2) is 11.3. The summed E-state index contributed by atoms with van der Waals surface area (Å²) in [5.41, 5.74) is 2.15. The summed E-state index contributed by atoms with van der Waals surface area (Å²) in [5, 5.41) is 0. The first-order chi connectivity index (χ1) is 10.7. The maximum Gasteiger partial charge on any atom is 0.122 e. The van der Waals surface area contributed by atoms with E-state index in [1.165, 1.54) is 0 Å². The Morgan fingerprint density at radius 3 is 1.41 bits per heavy atom. The summed E-state index contributed by atoms with van der Waals surface area (Å²) in [6.45, 7) is 12.2. The standard InChI is InChI=1S/C18H30O4/c1-5-7-19-9-11-21-17-13-16(4)18(14-15(17)3)22-12-10-20-8-6-2/h13-14H,5-12H2,1-4H3. The van der Waals surface area contributed by atoms with Crippen molar-refractivity contribution in [2.75, 3.05) is 39.6 Å². The van der Waals surface area contributed by atoms with Crippen molar-refractivity contribution in [1.29, 1.82) is 0 Å². The number of hydrogen-bond acceptors (Lipinski definition) is 4. The molecule has 0 aliphatic rings. The topological polar surface area (TPSA) is 36.9 Å². The van der Waals surface area contributed by atoms with Crippen molar-refractivity contribution in [1.82, 2.24) is 0 Å². The van der Waals surface area contributed by atoms with E-state index < -0.39 is 0 Å². The van der Waals surface area contributed by atoms with Gasteiger partial charge < -0.3 is 18.9 Å². The van der Waals surface area contributed by atoms with Crippen LogP contribution >= 0.6 is 0 Å². The third-order valence-electron chi connectivity index (χ3n) is 3.14. The molecule has 0 saturated heterocycles. The number of aryl methyl sites for hydroxylation is 2. The average Bonchev–Trinajstić information content (AvgIpc) is 2.51. The molecule has 0 unspecified atom stereocenters. The van der Waals surface area contributed by atoms with Crippen molar-refractivity contribution in [2.45, 2.75) is 40.5 Å². The maximum absolute atomic E-state index is 5.77. The van der Waals surface area contributed by atoms with Gasteiger partial charge in [-0.15, -0.1) is 0 Å². The van der Waals surface area contributed by atoms with Gasteiger partial charge in [0.25, 0.3) is 0 Å². The average molecular weight is 310 g/mol. The predicted molar refractivity (Wildman–Crippen MR) is 89.1 cm³/mol. The molecule has 126 valence electrons. The Hall–Kier alpha value is -1.26. The van der Waals surface area contributed by atoms with Gasteiger partial charge in [0.2, 0.25) is 0 Å². The summed E-state index contributed by atoms with van der Waals surface area (Å²) < 4.78 is 22.4. The lowest BCUT2D eigenvalue weighted by molar-refractivity contribution is 0.0990. The Kier molecular flexibility index (Phi) is 9.67. The highest BCUT2D eigenvalue weighted by Crippen LogP contribution is 2.27. The molecule has 0 spiro atoms. The largest absolute Gasteiger partial charge is 0.491 e. The molecule has 0 amide bonds. The van der Waals surface area contributed by atoms with E-state index in [1.54, 1.807) is 0 Å². The Labute approximate surface area is 134 Å². The van der Waals surface area contributed by atoms with Crippen LogP contribution in [0.3, 0.4) is 0 Å². The second-order valence-electron chi connectivity index (χ2n) is 5.30. The zero-order valence-corrected chi connectivity index (χ0v) is 14.4. The molecule has 22 heavy (non-hydrogen) atoms. The van der Waals surface area contributed by atoms with Gasteiger partial charge in [-0.25, -0.2) is 0 Å². The zero-order valence-electron chi connectivity index (χ0n) is 14.4. The van der Waals surface area contributed by atoms with Crippen LogP contribution in [-0.4, -0.2) is 39.6 Å². The highest BCUT2D eigenvalue weighted by atomic mass is 16.5. The predicted octanol–water partition coefficient (Wildman–Crippen LogP) is 3.91. The Morgan fingerprint density at radius 1 is 0.636 bits per heavy atom. The minimum Gasteiger partial charge on any atom is -0.491 e. The van der Waals surface area contributed by atoms with Crippen LogP contribution in [0.15, 0.2) is 12.1 Å². The van der Waals surface area contributed by atoms with Crippen LogP contribution in [0.2, 0.25) is 0 Å². The van der Waals surface area contributed by atoms with Crippen LogP contribution in [-0.2, 0) is 9.47 Å². The van der Waals surface area contributed by atoms with E-state index in [0.717, 1.165) is 48.7 Å². The molecular formula is C18H30O4. The van der Waals surface area contributed by atoms with Gasteiger partial charge in [0.1, 0.15) is 24.7 Å². The Balaban J connectivity index is 2.42. The smallest absolute Gasteiger partial charge is 0.122 e. The van der Waals surface area contributed by atoms with Crippen LogP contribution in [0.25, 0.3) is 0 Å². The third-order valence-corrected chi connectivity index (χ3v) is 3.14. The van der Waals surface area contributed by atoms with Gasteiger partial charge in [-0.05, 0) is 49.9 Å². The van der Waals surface area contributed by atoms with Gasteiger partial charge in [-0.2, -0.15) is 0 Å². The summed E-state index contributed by atoms with van der Waals surface area (Å²) in [5.74, 6) is 1.79. The van der Waals surface area contributed by atoms with E-state index in [1.807, 2.05) is 26.0 Å². The first kappa shape index (κ1) is 18.8. The van der Waals surface area contributed by atoms with Crippen LogP contribution in [0, 0.1) is 13.8 Å². The van der Waals surface area contributed by atoms with E-state index in [0.29, 0.717) is 26.4 Å². The summed E-state index contributed by atoms with van der Waals surface area (Å²) >= 11 is 0. The van der Waals surface area contributed by atoms with Crippen molar-refractivity contribution in [3.8, 4) is 11.5 Å². The molecule has 1 aromatic carbocycles. The molecule has 0 aliphatic heterocycles. The second-order valence-corrected chi connectivity index (χ2v) is 5.30. The summed E-state index contributed by atoms with van der Waals surface area (Å²) in [6, 6.07) is 4.05. The van der Waals surface area contributed by atoms with Crippen molar-refractivity contribution in [3.63, 3.8) is 0 Å². The van der Waals surface area contributed by atoms with Gasteiger partial charge in [0.05, 0.1) is 13.2 Å². The van der Waals surface area contributed by atoms with Crippen molar-refractivity contribution in [2.24, 2.45) is 0 Å². The number of benzene rings is 1. The quantitative estimate of drug-likeness (QED) is 0.548. The van der Waals surface area contributed by atoms with Gasteiger partial charge in [-0.3, -0.25) is 0 Å². The normalized spacial score (nSPS) is 10.7. The third kappa shape index (κ3) is 7.14. The lowest BCUT2D eigenvalue weighted by Crippen LogP contribution is -2.09. The molecule has 1 aromatic rings. The molecule has 0 heterocycles. The number of ether oxygens (including phenoxy) is 4. The SMILES string of the molecule is CCCOCCOc1cc(C)c(OCCOCCC)cc1C. The maximum atomic E-state index is 5.77.